The largest absolute Gasteiger partial charge is 0.453 e. The normalized spacial score (nSPS) is 16.8. The van der Waals surface area contributed by atoms with E-state index in [1.165, 1.54) is 14.2 Å². The number of unbranched alkanes of at least 4 members (excludes halogenated alkanes) is 1. The molecular formula is C56H68F2N10O6. The highest BCUT2D eigenvalue weighted by molar-refractivity contribution is 5.88. The molecule has 0 radical (unpaired) electrons. The zero-order chi connectivity index (χ0) is 52.7. The summed E-state index contributed by atoms with van der Waals surface area (Å²) in [5, 5.41) is 5.37. The summed E-state index contributed by atoms with van der Waals surface area (Å²) in [4.78, 5) is 75.5. The monoisotopic (exact) mass is 1010 g/mol. The van der Waals surface area contributed by atoms with Gasteiger partial charge in [0.2, 0.25) is 5.91 Å². The topological polar surface area (TPSA) is 192 Å². The minimum atomic E-state index is -2.66. The van der Waals surface area contributed by atoms with Crippen molar-refractivity contribution in [2.45, 2.75) is 116 Å². The number of carbonyl (C=O) groups excluding carboxylic acids is 4. The second-order valence-electron chi connectivity index (χ2n) is 20.2. The van der Waals surface area contributed by atoms with Crippen LogP contribution in [0.25, 0.3) is 50.7 Å². The fraction of sp³-hybridized carbons (Fsp3) is 0.446. The molecule has 4 aromatic heterocycles. The summed E-state index contributed by atoms with van der Waals surface area (Å²) in [5.41, 5.74) is 8.15. The first-order chi connectivity index (χ1) is 35.5. The van der Waals surface area contributed by atoms with Gasteiger partial charge in [-0.15, -0.1) is 0 Å². The van der Waals surface area contributed by atoms with Crippen molar-refractivity contribution in [3.8, 4) is 50.7 Å². The van der Waals surface area contributed by atoms with Gasteiger partial charge in [-0.25, -0.2) is 33.3 Å². The number of hydrogen-bond acceptors (Lipinski definition) is 10. The second-order valence-corrected chi connectivity index (χ2v) is 20.2. The molecule has 0 bridgehead atoms. The summed E-state index contributed by atoms with van der Waals surface area (Å²) in [6, 6.07) is 23.0. The number of methoxy groups -OCH3 is 2. The van der Waals surface area contributed by atoms with E-state index in [0.717, 1.165) is 82.2 Å². The number of halogens is 2. The molecule has 0 spiro atoms. The first kappa shape index (κ1) is 52.9. The van der Waals surface area contributed by atoms with E-state index in [1.807, 2.05) is 63.1 Å². The maximum atomic E-state index is 14.1. The van der Waals surface area contributed by atoms with Crippen molar-refractivity contribution in [3.05, 3.63) is 103 Å². The highest BCUT2D eigenvalue weighted by atomic mass is 19.3. The van der Waals surface area contributed by atoms with Gasteiger partial charge in [-0.05, 0) is 84.0 Å². The zero-order valence-electron chi connectivity index (χ0n) is 43.3. The van der Waals surface area contributed by atoms with E-state index in [4.69, 9.17) is 24.4 Å². The lowest BCUT2D eigenvalue weighted by molar-refractivity contribution is -0.135. The third kappa shape index (κ3) is 12.2. The zero-order valence-corrected chi connectivity index (χ0v) is 43.3. The number of nitrogens with zero attached hydrogens (tertiary/aromatic N) is 6. The Balaban J connectivity index is 0.994. The van der Waals surface area contributed by atoms with Crippen molar-refractivity contribution in [1.82, 2.24) is 45.0 Å². The number of ether oxygens (including phenoxy) is 2. The number of aromatic amines is 2. The van der Waals surface area contributed by atoms with Crippen LogP contribution in [-0.2, 0) is 19.1 Å². The van der Waals surface area contributed by atoms with Crippen LogP contribution in [0.4, 0.5) is 24.2 Å². The molecule has 16 nitrogen and oxygen atoms in total. The number of nitrogens with one attached hydrogen (secondary N) is 4. The summed E-state index contributed by atoms with van der Waals surface area (Å²) >= 11 is 0. The summed E-state index contributed by atoms with van der Waals surface area (Å²) in [6.45, 7) is 10.7. The second kappa shape index (κ2) is 23.2. The minimum Gasteiger partial charge on any atom is -0.453 e. The Morgan fingerprint density at radius 1 is 0.689 bits per heavy atom. The molecule has 0 unspecified atom stereocenters. The molecule has 392 valence electrons. The van der Waals surface area contributed by atoms with Crippen LogP contribution in [-0.4, -0.2) is 110 Å². The Labute approximate surface area is 431 Å². The molecule has 2 fully saturated rings. The molecule has 4 atom stereocenters. The lowest BCUT2D eigenvalue weighted by Gasteiger charge is -2.32. The number of ketones is 1. The fourth-order valence-corrected chi connectivity index (χ4v) is 9.99. The molecule has 6 aromatic rings. The lowest BCUT2D eigenvalue weighted by Crippen LogP contribution is -2.51. The average molecular weight is 1020 g/mol. The number of H-pyrrole nitrogens is 2. The predicted octanol–water partition coefficient (Wildman–Crippen LogP) is 10.9. The number of imidazole rings is 2. The van der Waals surface area contributed by atoms with Crippen molar-refractivity contribution in [2.24, 2.45) is 11.8 Å². The van der Waals surface area contributed by atoms with Crippen LogP contribution >= 0.6 is 0 Å². The number of amides is 3. The third-order valence-electron chi connectivity index (χ3n) is 14.4. The molecule has 0 saturated carbocycles. The highest BCUT2D eigenvalue weighted by Gasteiger charge is 2.38. The minimum absolute atomic E-state index is 0.00180. The molecule has 0 aliphatic carbocycles. The first-order valence-corrected chi connectivity index (χ1v) is 25.7. The van der Waals surface area contributed by atoms with Gasteiger partial charge >= 0.3 is 12.2 Å². The SMILES string of the molecule is COC(=O)N[C@H](C(=O)CCCC[C@H](C)c1ncc(-c2ccc(-c3ccc(-c4ccc(-c5cnc([C@@H]6CCCN6C(=O)[C@@H](NC(=O)OC)C(C)C)[nH]5)cc4)n3-c3ccc(N4CCC(F)(F)CC4)nc3)cc2)[nH]1)C(C)C. The molecule has 18 heteroatoms. The fourth-order valence-electron chi connectivity index (χ4n) is 9.99. The molecule has 4 N–H and O–H groups in total. The van der Waals surface area contributed by atoms with Gasteiger partial charge in [-0.2, -0.15) is 0 Å². The molecular weight excluding hydrogens is 947 g/mol. The Morgan fingerprint density at radius 3 is 1.82 bits per heavy atom. The van der Waals surface area contributed by atoms with Gasteiger partial charge in [0.1, 0.15) is 23.5 Å². The molecule has 2 aliphatic rings. The lowest BCUT2D eigenvalue weighted by atomic mass is 9.95. The summed E-state index contributed by atoms with van der Waals surface area (Å²) in [7, 11) is 2.57. The first-order valence-electron chi connectivity index (χ1n) is 25.7. The molecule has 2 aliphatic heterocycles. The number of anilines is 1. The van der Waals surface area contributed by atoms with Crippen LogP contribution in [0.3, 0.4) is 0 Å². The average Bonchev–Trinajstić information content (AvgIpc) is 4.26. The van der Waals surface area contributed by atoms with Gasteiger partial charge in [-0.1, -0.05) is 89.6 Å². The van der Waals surface area contributed by atoms with Crippen LogP contribution in [0.5, 0.6) is 0 Å². The maximum absolute atomic E-state index is 14.1. The standard InChI is InChI=1S/C56H68F2N10O6/c1-34(2)49(64-54(71)73-6)47(69)13-9-8-11-36(5)51-60-32-42(62-51)37-14-18-39(19-15-37)44-23-24-45(68(44)41-22-25-48(59-31-41)66-29-26-56(57,58)27-30-66)40-20-16-38(17-21-40)43-33-61-52(63-43)46-12-10-28-67(46)53(70)50(35(3)4)65-55(72)74-7/h14-25,31-36,46,49-50H,8-13,26-30H2,1-7H3,(H,60,62)(H,61,63)(H,64,71)(H,65,72)/t36-,46-,49-,50-/m0/s1. The van der Waals surface area contributed by atoms with Gasteiger partial charge in [0.05, 0.1) is 73.4 Å². The third-order valence-corrected chi connectivity index (χ3v) is 14.4. The van der Waals surface area contributed by atoms with E-state index in [1.54, 1.807) is 17.3 Å². The van der Waals surface area contributed by atoms with Crippen LogP contribution < -0.4 is 15.5 Å². The number of aromatic nitrogens is 6. The van der Waals surface area contributed by atoms with E-state index in [-0.39, 0.29) is 61.4 Å². The van der Waals surface area contributed by atoms with Gasteiger partial charge in [0.15, 0.2) is 5.78 Å². The van der Waals surface area contributed by atoms with E-state index in [0.29, 0.717) is 31.0 Å². The van der Waals surface area contributed by atoms with E-state index < -0.39 is 30.2 Å². The predicted molar refractivity (Wildman–Crippen MR) is 280 cm³/mol. The van der Waals surface area contributed by atoms with Crippen molar-refractivity contribution in [2.75, 3.05) is 38.8 Å². The molecule has 2 saturated heterocycles. The number of piperidine rings is 1. The Morgan fingerprint density at radius 2 is 1.26 bits per heavy atom. The number of Topliss-reactive ketones (excluding diaryl/α,β-unsaturated/α-hetero) is 1. The summed E-state index contributed by atoms with van der Waals surface area (Å²) < 4.78 is 39.8. The molecule has 2 aromatic carbocycles. The van der Waals surface area contributed by atoms with Crippen molar-refractivity contribution < 1.29 is 37.4 Å². The number of benzene rings is 2. The van der Waals surface area contributed by atoms with Crippen molar-refractivity contribution in [1.29, 1.82) is 0 Å². The molecule has 74 heavy (non-hydrogen) atoms. The van der Waals surface area contributed by atoms with Crippen LogP contribution in [0, 0.1) is 11.8 Å². The Bertz CT molecular complexity index is 2870. The van der Waals surface area contributed by atoms with Gasteiger partial charge in [0.25, 0.3) is 5.92 Å². The summed E-state index contributed by atoms with van der Waals surface area (Å²) in [6.07, 6.45) is 8.07. The van der Waals surface area contributed by atoms with E-state index in [9.17, 15) is 28.0 Å². The van der Waals surface area contributed by atoms with E-state index in [2.05, 4.69) is 80.6 Å². The molecule has 6 heterocycles. The quantitative estimate of drug-likeness (QED) is 0.0568. The number of carbonyl (C=O) groups is 4. The highest BCUT2D eigenvalue weighted by Crippen LogP contribution is 2.37. The number of hydrogen-bond donors (Lipinski definition) is 4. The van der Waals surface area contributed by atoms with Crippen LogP contribution in [0.1, 0.15) is 110 Å². The Kier molecular flexibility index (Phi) is 16.6. The number of likely N-dealkylation sites (tertiary alicyclic amines) is 1. The summed E-state index contributed by atoms with van der Waals surface area (Å²) in [5.74, 6) is -0.676. The van der Waals surface area contributed by atoms with E-state index >= 15 is 0 Å². The number of pyridine rings is 1. The number of alkyl halides is 2. The maximum Gasteiger partial charge on any atom is 0.407 e. The molecule has 8 rings (SSSR count). The van der Waals surface area contributed by atoms with Gasteiger partial charge in [0, 0.05) is 44.8 Å². The van der Waals surface area contributed by atoms with Crippen LogP contribution in [0.15, 0.2) is 91.4 Å². The smallest absolute Gasteiger partial charge is 0.407 e. The number of alkyl carbamates (subject to hydrolysis) is 2. The Hall–Kier alpha value is -7.37. The molecule has 3 amide bonds. The van der Waals surface area contributed by atoms with Gasteiger partial charge < -0.3 is 44.4 Å². The number of rotatable bonds is 19. The van der Waals surface area contributed by atoms with Gasteiger partial charge in [-0.3, -0.25) is 9.59 Å². The van der Waals surface area contributed by atoms with Crippen molar-refractivity contribution >= 4 is 29.7 Å². The van der Waals surface area contributed by atoms with Crippen LogP contribution in [0.2, 0.25) is 0 Å². The van der Waals surface area contributed by atoms with Crippen molar-refractivity contribution in [3.63, 3.8) is 0 Å².